The predicted molar refractivity (Wildman–Crippen MR) is 146 cm³/mol. The van der Waals surface area contributed by atoms with Crippen molar-refractivity contribution in [1.29, 1.82) is 0 Å². The van der Waals surface area contributed by atoms with Crippen LogP contribution >= 0.6 is 11.8 Å². The van der Waals surface area contributed by atoms with Crippen LogP contribution in [0.4, 0.5) is 0 Å². The number of hydrogen-bond acceptors (Lipinski definition) is 8. The monoisotopic (exact) mass is 492 g/mol. The van der Waals surface area contributed by atoms with Gasteiger partial charge in [-0.3, -0.25) is 4.98 Å². The summed E-state index contributed by atoms with van der Waals surface area (Å²) in [6.45, 7) is 11.6. The van der Waals surface area contributed by atoms with E-state index in [9.17, 15) is 0 Å². The minimum absolute atomic E-state index is 0.212. The fourth-order valence-electron chi connectivity index (χ4n) is 3.86. The summed E-state index contributed by atoms with van der Waals surface area (Å²) >= 11 is 1.62. The largest absolute Gasteiger partial charge is 0.490 e. The van der Waals surface area contributed by atoms with Crippen molar-refractivity contribution in [2.24, 2.45) is 5.73 Å². The molecule has 35 heavy (non-hydrogen) atoms. The molecule has 0 atom stereocenters. The van der Waals surface area contributed by atoms with Gasteiger partial charge in [0.1, 0.15) is 11.4 Å². The molecule has 0 unspecified atom stereocenters. The summed E-state index contributed by atoms with van der Waals surface area (Å²) in [6, 6.07) is 6.18. The third kappa shape index (κ3) is 7.02. The number of aryl methyl sites for hydroxylation is 2. The maximum absolute atomic E-state index is 6.21. The lowest BCUT2D eigenvalue weighted by Crippen LogP contribution is -2.14. The van der Waals surface area contributed by atoms with E-state index in [0.717, 1.165) is 70.4 Å². The highest BCUT2D eigenvalue weighted by Crippen LogP contribution is 2.34. The summed E-state index contributed by atoms with van der Waals surface area (Å²) in [5, 5.41) is 3.40. The van der Waals surface area contributed by atoms with Crippen molar-refractivity contribution in [3.63, 3.8) is 0 Å². The molecule has 0 aliphatic rings. The predicted octanol–water partition coefficient (Wildman–Crippen LogP) is 5.73. The van der Waals surface area contributed by atoms with Gasteiger partial charge in [0.15, 0.2) is 5.82 Å². The molecule has 0 aliphatic heterocycles. The molecule has 0 radical (unpaired) electrons. The number of benzene rings is 1. The van der Waals surface area contributed by atoms with Crippen LogP contribution < -0.4 is 15.8 Å². The molecule has 2 aromatic heterocycles. The second-order valence-electron chi connectivity index (χ2n) is 8.36. The minimum atomic E-state index is 0.212. The first-order valence-electron chi connectivity index (χ1n) is 12.2. The van der Waals surface area contributed by atoms with E-state index in [1.807, 2.05) is 6.07 Å². The number of hydrogen-bond donors (Lipinski definition) is 2. The van der Waals surface area contributed by atoms with E-state index in [0.29, 0.717) is 11.5 Å². The van der Waals surface area contributed by atoms with Crippen molar-refractivity contribution in [3.8, 4) is 28.5 Å². The summed E-state index contributed by atoms with van der Waals surface area (Å²) in [6.07, 6.45) is 9.82. The van der Waals surface area contributed by atoms with E-state index in [1.54, 1.807) is 36.6 Å². The Bertz CT molecular complexity index is 1110. The first kappa shape index (κ1) is 26.6. The van der Waals surface area contributed by atoms with Gasteiger partial charge in [0.05, 0.1) is 23.7 Å². The van der Waals surface area contributed by atoms with Crippen LogP contribution in [0, 0.1) is 13.8 Å². The van der Waals surface area contributed by atoms with Crippen LogP contribution in [0.3, 0.4) is 0 Å². The molecule has 3 N–H and O–H groups in total. The Labute approximate surface area is 213 Å². The van der Waals surface area contributed by atoms with Gasteiger partial charge in [-0.25, -0.2) is 15.0 Å². The lowest BCUT2D eigenvalue weighted by atomic mass is 9.98. The topological polar surface area (TPSA) is 98.8 Å². The summed E-state index contributed by atoms with van der Waals surface area (Å²) in [5.41, 5.74) is 11.5. The Morgan fingerprint density at radius 1 is 1.06 bits per heavy atom. The second-order valence-corrected chi connectivity index (χ2v) is 9.38. The molecule has 186 valence electrons. The number of thioether (sulfide) groups is 1. The van der Waals surface area contributed by atoms with Crippen molar-refractivity contribution in [2.75, 3.05) is 12.4 Å². The van der Waals surface area contributed by atoms with Crippen molar-refractivity contribution >= 4 is 16.7 Å². The molecule has 0 aliphatic carbocycles. The average molecular weight is 493 g/mol. The molecule has 8 heteroatoms. The summed E-state index contributed by atoms with van der Waals surface area (Å²) in [7, 11) is 0. The van der Waals surface area contributed by atoms with Gasteiger partial charge in [0.25, 0.3) is 0 Å². The van der Waals surface area contributed by atoms with Gasteiger partial charge in [-0.1, -0.05) is 20.8 Å². The molecular formula is C27H36N6OS. The molecule has 0 fully saturated rings. The average Bonchev–Trinajstić information content (AvgIpc) is 2.87. The van der Waals surface area contributed by atoms with E-state index < -0.39 is 0 Å². The summed E-state index contributed by atoms with van der Waals surface area (Å²) in [5.74, 6) is 2.15. The smallest absolute Gasteiger partial charge is 0.180 e. The van der Waals surface area contributed by atoms with Gasteiger partial charge < -0.3 is 15.8 Å². The summed E-state index contributed by atoms with van der Waals surface area (Å²) < 4.78 is 6.21. The van der Waals surface area contributed by atoms with E-state index in [-0.39, 0.29) is 6.10 Å². The quantitative estimate of drug-likeness (QED) is 0.244. The molecule has 3 rings (SSSR count). The van der Waals surface area contributed by atoms with Gasteiger partial charge in [-0.05, 0) is 69.0 Å². The third-order valence-corrected chi connectivity index (χ3v) is 6.66. The maximum Gasteiger partial charge on any atom is 0.180 e. The number of nitrogens with two attached hydrogens (primary N) is 1. The Balaban J connectivity index is 2.06. The fraction of sp³-hybridized carbons (Fsp3) is 0.407. The number of aromatic nitrogens is 4. The second kappa shape index (κ2) is 13.2. The zero-order valence-corrected chi connectivity index (χ0v) is 22.2. The number of rotatable bonds is 12. The van der Waals surface area contributed by atoms with Crippen LogP contribution in [0.5, 0.6) is 5.75 Å². The van der Waals surface area contributed by atoms with Crippen LogP contribution in [0.25, 0.3) is 27.7 Å². The van der Waals surface area contributed by atoms with E-state index in [4.69, 9.17) is 20.4 Å². The standard InChI is InChI=1S/C27H36N6OS/c1-6-9-30-17-35-25(15-28)22-14-23(33-27(32-22)24-16-29-10-11-31-24)26-18(4)12-21(13-19(26)5)34-20(7-2)8-3/h10-16,20,30H,6-9,17,28H2,1-5H3/b25-15-. The lowest BCUT2D eigenvalue weighted by molar-refractivity contribution is 0.192. The Hall–Kier alpha value is -2.97. The molecule has 1 aromatic carbocycles. The van der Waals surface area contributed by atoms with Crippen molar-refractivity contribution in [2.45, 2.75) is 60.0 Å². The lowest BCUT2D eigenvalue weighted by Gasteiger charge is -2.19. The number of nitrogens with one attached hydrogen (secondary N) is 1. The van der Waals surface area contributed by atoms with Crippen LogP contribution in [0.15, 0.2) is 43.0 Å². The van der Waals surface area contributed by atoms with Crippen LogP contribution in [0.2, 0.25) is 0 Å². The molecule has 0 saturated heterocycles. The van der Waals surface area contributed by atoms with Gasteiger partial charge in [-0.2, -0.15) is 0 Å². The molecule has 0 saturated carbocycles. The molecule has 0 spiro atoms. The molecule has 3 aromatic rings. The zero-order valence-electron chi connectivity index (χ0n) is 21.3. The Kier molecular flexibility index (Phi) is 10.0. The van der Waals surface area contributed by atoms with Gasteiger partial charge in [0.2, 0.25) is 0 Å². The fourth-order valence-corrected chi connectivity index (χ4v) is 4.61. The van der Waals surface area contributed by atoms with Crippen molar-refractivity contribution < 1.29 is 4.74 Å². The normalized spacial score (nSPS) is 11.8. The third-order valence-electron chi connectivity index (χ3n) is 5.65. The van der Waals surface area contributed by atoms with E-state index >= 15 is 0 Å². The molecular weight excluding hydrogens is 456 g/mol. The molecule has 7 nitrogen and oxygen atoms in total. The van der Waals surface area contributed by atoms with Gasteiger partial charge in [0, 0.05) is 34.9 Å². The highest BCUT2D eigenvalue weighted by Gasteiger charge is 2.17. The van der Waals surface area contributed by atoms with Crippen molar-refractivity contribution in [1.82, 2.24) is 25.3 Å². The van der Waals surface area contributed by atoms with Crippen LogP contribution in [0.1, 0.15) is 56.9 Å². The Morgan fingerprint density at radius 2 is 1.80 bits per heavy atom. The molecule has 0 amide bonds. The molecule has 2 heterocycles. The number of nitrogens with zero attached hydrogens (tertiary/aromatic N) is 4. The van der Waals surface area contributed by atoms with Gasteiger partial charge in [-0.15, -0.1) is 11.8 Å². The Morgan fingerprint density at radius 3 is 2.40 bits per heavy atom. The van der Waals surface area contributed by atoms with Crippen LogP contribution in [-0.4, -0.2) is 38.5 Å². The SMILES string of the molecule is CCCNCS/C(=C\N)c1cc(-c2c(C)cc(OC(CC)CC)cc2C)nc(-c2cnccn2)n1. The highest BCUT2D eigenvalue weighted by atomic mass is 32.2. The zero-order chi connectivity index (χ0) is 25.2. The molecule has 0 bridgehead atoms. The van der Waals surface area contributed by atoms with Crippen LogP contribution in [-0.2, 0) is 0 Å². The van der Waals surface area contributed by atoms with E-state index in [1.165, 1.54) is 0 Å². The first-order chi connectivity index (χ1) is 17.0. The summed E-state index contributed by atoms with van der Waals surface area (Å²) in [4.78, 5) is 19.2. The first-order valence-corrected chi connectivity index (χ1v) is 13.2. The maximum atomic E-state index is 6.21. The minimum Gasteiger partial charge on any atom is -0.490 e. The number of ether oxygens (including phenoxy) is 1. The highest BCUT2D eigenvalue weighted by molar-refractivity contribution is 8.08. The van der Waals surface area contributed by atoms with E-state index in [2.05, 4.69) is 62.0 Å². The van der Waals surface area contributed by atoms with Gasteiger partial charge >= 0.3 is 0 Å². The van der Waals surface area contributed by atoms with Crippen molar-refractivity contribution in [3.05, 3.63) is 59.8 Å².